The molecule has 0 spiro atoms. The molecule has 0 saturated carbocycles. The molecule has 0 aromatic rings. The molecule has 6 nitrogen and oxygen atoms in total. The number of unbranched alkanes of at least 4 members (excludes halogenated alkanes) is 30. The van der Waals surface area contributed by atoms with Gasteiger partial charge >= 0.3 is 17.9 Å². The smallest absolute Gasteiger partial charge is 0.306 e. The van der Waals surface area contributed by atoms with Gasteiger partial charge in [0, 0.05) is 19.3 Å². The molecule has 0 amide bonds. The molecule has 1 atom stereocenters. The number of carbonyl (C=O) groups excluding carboxylic acids is 3. The summed E-state index contributed by atoms with van der Waals surface area (Å²) < 4.78 is 16.8. The summed E-state index contributed by atoms with van der Waals surface area (Å²) in [4.78, 5) is 38.1. The zero-order chi connectivity index (χ0) is 52.2. The first-order valence-corrected chi connectivity index (χ1v) is 30.6. The highest BCUT2D eigenvalue weighted by Crippen LogP contribution is 2.16. The fraction of sp³-hybridized carbons (Fsp3) is 0.742. The fourth-order valence-corrected chi connectivity index (χ4v) is 8.56. The van der Waals surface area contributed by atoms with Crippen molar-refractivity contribution < 1.29 is 28.6 Å². The summed E-state index contributed by atoms with van der Waals surface area (Å²) in [7, 11) is 0. The Morgan fingerprint density at radius 2 is 0.542 bits per heavy atom. The van der Waals surface area contributed by atoms with Crippen molar-refractivity contribution in [2.75, 3.05) is 13.2 Å². The van der Waals surface area contributed by atoms with E-state index in [1.165, 1.54) is 148 Å². The van der Waals surface area contributed by atoms with Gasteiger partial charge in [-0.05, 0) is 96.3 Å². The summed E-state index contributed by atoms with van der Waals surface area (Å²) in [6.45, 7) is 6.50. The van der Waals surface area contributed by atoms with Crippen molar-refractivity contribution in [3.8, 4) is 0 Å². The highest BCUT2D eigenvalue weighted by atomic mass is 16.6. The first-order chi connectivity index (χ1) is 35.5. The molecule has 0 aliphatic carbocycles. The van der Waals surface area contributed by atoms with Crippen LogP contribution >= 0.6 is 0 Å². The summed E-state index contributed by atoms with van der Waals surface area (Å²) in [5, 5.41) is 0. The van der Waals surface area contributed by atoms with Gasteiger partial charge in [-0.15, -0.1) is 0 Å². The van der Waals surface area contributed by atoms with E-state index in [0.717, 1.165) is 109 Å². The lowest BCUT2D eigenvalue weighted by Crippen LogP contribution is -2.30. The minimum Gasteiger partial charge on any atom is -0.462 e. The van der Waals surface area contributed by atoms with Gasteiger partial charge in [-0.2, -0.15) is 0 Å². The number of carbonyl (C=O) groups is 3. The van der Waals surface area contributed by atoms with Crippen molar-refractivity contribution in [1.29, 1.82) is 0 Å². The molecule has 0 aromatic heterocycles. The average molecular weight is 1000 g/mol. The second-order valence-electron chi connectivity index (χ2n) is 20.2. The molecule has 0 rings (SSSR count). The summed E-state index contributed by atoms with van der Waals surface area (Å²) in [5.41, 5.74) is 0. The Labute approximate surface area is 445 Å². The quantitative estimate of drug-likeness (QED) is 0.0261. The van der Waals surface area contributed by atoms with Gasteiger partial charge in [0.2, 0.25) is 0 Å². The topological polar surface area (TPSA) is 78.9 Å². The van der Waals surface area contributed by atoms with Crippen LogP contribution in [-0.2, 0) is 28.6 Å². The van der Waals surface area contributed by atoms with E-state index in [0.29, 0.717) is 19.3 Å². The third-order valence-corrected chi connectivity index (χ3v) is 13.1. The minimum absolute atomic E-state index is 0.0768. The van der Waals surface area contributed by atoms with Crippen LogP contribution < -0.4 is 0 Å². The molecule has 1 unspecified atom stereocenters. The molecular formula is C66H114O6. The molecule has 0 fully saturated rings. The van der Waals surface area contributed by atoms with Crippen LogP contribution in [0.4, 0.5) is 0 Å². The van der Waals surface area contributed by atoms with Gasteiger partial charge in [-0.3, -0.25) is 14.4 Å². The lowest BCUT2D eigenvalue weighted by Gasteiger charge is -2.18. The molecule has 0 radical (unpaired) electrons. The summed E-state index contributed by atoms with van der Waals surface area (Å²) in [5.74, 6) is -0.882. The molecule has 0 N–H and O–H groups in total. The Morgan fingerprint density at radius 3 is 0.861 bits per heavy atom. The van der Waals surface area contributed by atoms with Crippen LogP contribution in [0.1, 0.15) is 297 Å². The Kier molecular flexibility index (Phi) is 57.3. The number of esters is 3. The molecule has 0 aliphatic rings. The lowest BCUT2D eigenvalue weighted by molar-refractivity contribution is -0.167. The lowest BCUT2D eigenvalue weighted by atomic mass is 10.0. The maximum Gasteiger partial charge on any atom is 0.306 e. The summed E-state index contributed by atoms with van der Waals surface area (Å²) in [6.07, 6.45) is 78.8. The maximum absolute atomic E-state index is 12.8. The second-order valence-corrected chi connectivity index (χ2v) is 20.2. The molecular weight excluding hydrogens is 889 g/mol. The van der Waals surface area contributed by atoms with Crippen LogP contribution in [0.15, 0.2) is 85.1 Å². The Morgan fingerprint density at radius 1 is 0.292 bits per heavy atom. The molecule has 0 heterocycles. The van der Waals surface area contributed by atoms with Crippen LogP contribution in [0.3, 0.4) is 0 Å². The zero-order valence-corrected chi connectivity index (χ0v) is 47.4. The van der Waals surface area contributed by atoms with Crippen molar-refractivity contribution >= 4 is 17.9 Å². The van der Waals surface area contributed by atoms with E-state index in [2.05, 4.69) is 106 Å². The predicted molar refractivity (Wildman–Crippen MR) is 311 cm³/mol. The number of ether oxygens (including phenoxy) is 3. The van der Waals surface area contributed by atoms with Crippen molar-refractivity contribution in [2.45, 2.75) is 303 Å². The monoisotopic (exact) mass is 1000 g/mol. The molecule has 0 saturated heterocycles. The normalized spacial score (nSPS) is 12.7. The Bertz CT molecular complexity index is 1380. The maximum atomic E-state index is 12.8. The number of hydrogen-bond acceptors (Lipinski definition) is 6. The van der Waals surface area contributed by atoms with E-state index in [9.17, 15) is 14.4 Å². The summed E-state index contributed by atoms with van der Waals surface area (Å²) >= 11 is 0. The van der Waals surface area contributed by atoms with Crippen molar-refractivity contribution in [1.82, 2.24) is 0 Å². The van der Waals surface area contributed by atoms with Gasteiger partial charge < -0.3 is 14.2 Å². The van der Waals surface area contributed by atoms with Crippen molar-refractivity contribution in [3.05, 3.63) is 85.1 Å². The molecule has 414 valence electrons. The van der Waals surface area contributed by atoms with E-state index in [1.54, 1.807) is 0 Å². The number of hydrogen-bond donors (Lipinski definition) is 0. The highest BCUT2D eigenvalue weighted by molar-refractivity contribution is 5.71. The largest absolute Gasteiger partial charge is 0.462 e. The Hall–Kier alpha value is -3.41. The fourth-order valence-electron chi connectivity index (χ4n) is 8.56. The molecule has 6 heteroatoms. The summed E-state index contributed by atoms with van der Waals surface area (Å²) in [6, 6.07) is 0. The van der Waals surface area contributed by atoms with E-state index in [1.807, 2.05) is 0 Å². The highest BCUT2D eigenvalue weighted by Gasteiger charge is 2.19. The van der Waals surface area contributed by atoms with Gasteiger partial charge in [0.05, 0.1) is 0 Å². The van der Waals surface area contributed by atoms with Crippen molar-refractivity contribution in [2.24, 2.45) is 0 Å². The van der Waals surface area contributed by atoms with Gasteiger partial charge in [-0.1, -0.05) is 266 Å². The van der Waals surface area contributed by atoms with E-state index >= 15 is 0 Å². The third-order valence-electron chi connectivity index (χ3n) is 13.1. The van der Waals surface area contributed by atoms with Crippen LogP contribution in [0.5, 0.6) is 0 Å². The first-order valence-electron chi connectivity index (χ1n) is 30.6. The average Bonchev–Trinajstić information content (AvgIpc) is 3.38. The van der Waals surface area contributed by atoms with Crippen LogP contribution in [-0.4, -0.2) is 37.2 Å². The number of rotatable bonds is 55. The van der Waals surface area contributed by atoms with Gasteiger partial charge in [-0.25, -0.2) is 0 Å². The van der Waals surface area contributed by atoms with Crippen LogP contribution in [0.2, 0.25) is 0 Å². The van der Waals surface area contributed by atoms with E-state index in [4.69, 9.17) is 14.2 Å². The van der Waals surface area contributed by atoms with E-state index < -0.39 is 6.10 Å². The molecule has 72 heavy (non-hydrogen) atoms. The van der Waals surface area contributed by atoms with Gasteiger partial charge in [0.15, 0.2) is 6.10 Å². The van der Waals surface area contributed by atoms with Gasteiger partial charge in [0.1, 0.15) is 13.2 Å². The SMILES string of the molecule is CC/C=C\C/C=C\C/C=C\C/C=C\C/C=C\C/C=C\CCCCCCCCCCCCCCC(=O)OCC(COC(=O)CCCCCCCCCCC)OC(=O)CCCCCCC/C=C\CCCCCCC. The van der Waals surface area contributed by atoms with Crippen molar-refractivity contribution in [3.63, 3.8) is 0 Å². The molecule has 0 aromatic carbocycles. The van der Waals surface area contributed by atoms with E-state index in [-0.39, 0.29) is 31.1 Å². The molecule has 0 aliphatic heterocycles. The Balaban J connectivity index is 4.13. The predicted octanol–water partition coefficient (Wildman–Crippen LogP) is 20.7. The molecule has 0 bridgehead atoms. The standard InChI is InChI=1S/C66H114O6/c1-4-7-10-13-16-19-21-23-25-26-27-28-29-30-31-32-33-34-35-36-37-38-39-40-41-43-44-47-50-53-56-59-65(68)71-62-63(61-70-64(67)58-55-52-49-46-18-15-12-9-6-3)72-66(69)60-57-54-51-48-45-42-24-22-20-17-14-11-8-5-2/h7,10,16,19,22-25,27-28,30-31,33-34,63H,4-6,8-9,11-15,17-18,20-21,26,29,32,35-62H2,1-3H3/b10-7-,19-16-,24-22-,25-23-,28-27-,31-30-,34-33-. The van der Waals surface area contributed by atoms with Crippen LogP contribution in [0, 0.1) is 0 Å². The third kappa shape index (κ3) is 57.5. The van der Waals surface area contributed by atoms with Gasteiger partial charge in [0.25, 0.3) is 0 Å². The second kappa shape index (κ2) is 60.1. The zero-order valence-electron chi connectivity index (χ0n) is 47.4. The van der Waals surface area contributed by atoms with Crippen LogP contribution in [0.25, 0.3) is 0 Å². The minimum atomic E-state index is -0.778. The number of allylic oxidation sites excluding steroid dienone is 14. The first kappa shape index (κ1) is 68.6.